The Balaban J connectivity index is 1.52. The highest BCUT2D eigenvalue weighted by atomic mass is 32.1. The fourth-order valence-corrected chi connectivity index (χ4v) is 4.10. The van der Waals surface area contributed by atoms with Crippen LogP contribution in [0.2, 0.25) is 0 Å². The first-order valence-electron chi connectivity index (χ1n) is 9.22. The van der Waals surface area contributed by atoms with Gasteiger partial charge < -0.3 is 10.5 Å². The number of aromatic nitrogens is 3. The maximum Gasteiger partial charge on any atom is 0.306 e. The number of anilines is 2. The second-order valence-electron chi connectivity index (χ2n) is 7.10. The van der Waals surface area contributed by atoms with Crippen LogP contribution in [0.5, 0.6) is 0 Å². The molecule has 1 aliphatic heterocycles. The minimum Gasteiger partial charge on any atom is -0.397 e. The van der Waals surface area contributed by atoms with E-state index in [9.17, 15) is 4.79 Å². The second-order valence-corrected chi connectivity index (χ2v) is 8.10. The van der Waals surface area contributed by atoms with Gasteiger partial charge in [-0.05, 0) is 24.5 Å². The summed E-state index contributed by atoms with van der Waals surface area (Å²) in [5.41, 5.74) is 7.63. The van der Waals surface area contributed by atoms with Gasteiger partial charge in [-0.1, -0.05) is 13.8 Å². The van der Waals surface area contributed by atoms with Crippen LogP contribution in [0.15, 0.2) is 22.9 Å². The van der Waals surface area contributed by atoms with Crippen molar-refractivity contribution in [2.75, 3.05) is 42.4 Å². The molecule has 3 aromatic rings. The van der Waals surface area contributed by atoms with Gasteiger partial charge in [0.2, 0.25) is 5.27 Å². The molecule has 1 aliphatic rings. The molecule has 0 saturated carbocycles. The van der Waals surface area contributed by atoms with Crippen LogP contribution in [0.4, 0.5) is 11.6 Å². The van der Waals surface area contributed by atoms with E-state index in [4.69, 9.17) is 15.0 Å². The topological polar surface area (TPSA) is 110 Å². The molecule has 0 aliphatic carbocycles. The van der Waals surface area contributed by atoms with Crippen LogP contribution in [0.1, 0.15) is 29.2 Å². The summed E-state index contributed by atoms with van der Waals surface area (Å²) in [7, 11) is 0. The van der Waals surface area contributed by atoms with Crippen molar-refractivity contribution in [1.82, 2.24) is 10.3 Å². The summed E-state index contributed by atoms with van der Waals surface area (Å²) in [6, 6.07) is 3.90. The Morgan fingerprint density at radius 3 is 2.93 bits per heavy atom. The second kappa shape index (κ2) is 7.72. The van der Waals surface area contributed by atoms with Crippen molar-refractivity contribution in [3.63, 3.8) is 0 Å². The van der Waals surface area contributed by atoms with Crippen LogP contribution < -0.4 is 20.9 Å². The smallest absolute Gasteiger partial charge is 0.306 e. The summed E-state index contributed by atoms with van der Waals surface area (Å²) < 4.78 is 10.6. The van der Waals surface area contributed by atoms with E-state index in [0.29, 0.717) is 42.8 Å². The minimum absolute atomic E-state index is 0.252. The molecule has 0 atom stereocenters. The van der Waals surface area contributed by atoms with Crippen molar-refractivity contribution >= 4 is 39.0 Å². The number of rotatable bonds is 5. The van der Waals surface area contributed by atoms with E-state index in [1.807, 2.05) is 17.1 Å². The Bertz CT molecular complexity index is 993. The number of nitrogens with two attached hydrogens (primary N) is 1. The number of carbonyl (C=O) groups excluding carboxylic acids is 1. The first-order valence-corrected chi connectivity index (χ1v) is 10.0. The first-order chi connectivity index (χ1) is 13.5. The van der Waals surface area contributed by atoms with Gasteiger partial charge in [-0.25, -0.2) is 4.98 Å². The van der Waals surface area contributed by atoms with Crippen molar-refractivity contribution < 1.29 is 18.8 Å². The lowest BCUT2D eigenvalue weighted by atomic mass is 10.1. The highest BCUT2D eigenvalue weighted by Crippen LogP contribution is 2.33. The van der Waals surface area contributed by atoms with E-state index in [1.54, 1.807) is 11.0 Å². The first kappa shape index (κ1) is 18.6. The highest BCUT2D eigenvalue weighted by molar-refractivity contribution is 7.21. The van der Waals surface area contributed by atoms with E-state index in [1.165, 1.54) is 11.3 Å². The number of pyridine rings is 1. The largest absolute Gasteiger partial charge is 0.397 e. The number of nitrogens with zero attached hydrogens (tertiary/aromatic N) is 4. The number of morpholine rings is 1. The van der Waals surface area contributed by atoms with Crippen LogP contribution in [-0.4, -0.2) is 42.5 Å². The van der Waals surface area contributed by atoms with Crippen LogP contribution in [-0.2, 0) is 11.2 Å². The third kappa shape index (κ3) is 3.78. The van der Waals surface area contributed by atoms with Crippen LogP contribution in [0.25, 0.3) is 10.2 Å². The lowest BCUT2D eigenvalue weighted by molar-refractivity contribution is -0.759. The monoisotopic (exact) mass is 403 g/mol. The van der Waals surface area contributed by atoms with Crippen molar-refractivity contribution in [2.45, 2.75) is 20.3 Å². The van der Waals surface area contributed by atoms with Gasteiger partial charge in [-0.15, -0.1) is 16.3 Å². The van der Waals surface area contributed by atoms with E-state index in [2.05, 4.69) is 29.4 Å². The Kier molecular flexibility index (Phi) is 5.14. The number of carbonyl (C=O) groups is 1. The number of thiophene rings is 1. The molecule has 3 aromatic heterocycles. The van der Waals surface area contributed by atoms with Gasteiger partial charge in [-0.2, -0.15) is 0 Å². The molecule has 28 heavy (non-hydrogen) atoms. The van der Waals surface area contributed by atoms with Gasteiger partial charge in [0.15, 0.2) is 0 Å². The van der Waals surface area contributed by atoms with Gasteiger partial charge in [0.1, 0.15) is 9.71 Å². The number of hydrogen-bond donors (Lipinski definition) is 2. The van der Waals surface area contributed by atoms with E-state index < -0.39 is 0 Å². The number of ether oxygens (including phenoxy) is 1. The molecule has 1 amide bonds. The van der Waals surface area contributed by atoms with Crippen molar-refractivity contribution in [2.24, 2.45) is 5.92 Å². The molecule has 1 fully saturated rings. The molecule has 3 N–H and O–H groups in total. The lowest BCUT2D eigenvalue weighted by Gasteiger charge is -2.18. The maximum atomic E-state index is 12.7. The van der Waals surface area contributed by atoms with Crippen LogP contribution in [0.3, 0.4) is 0 Å². The van der Waals surface area contributed by atoms with E-state index >= 15 is 0 Å². The molecule has 0 aromatic carbocycles. The zero-order valence-electron chi connectivity index (χ0n) is 15.8. The van der Waals surface area contributed by atoms with E-state index in [0.717, 1.165) is 22.3 Å². The van der Waals surface area contributed by atoms with Crippen molar-refractivity contribution in [1.29, 1.82) is 0 Å². The molecule has 4 rings (SSSR count). The quantitative estimate of drug-likeness (QED) is 0.622. The molecule has 0 bridgehead atoms. The fourth-order valence-electron chi connectivity index (χ4n) is 3.09. The number of nitrogen functional groups attached to an aromatic ring is 1. The number of fused-ring (bicyclic) bond motifs is 1. The van der Waals surface area contributed by atoms with Crippen molar-refractivity contribution in [3.8, 4) is 0 Å². The molecule has 0 radical (unpaired) electrons. The molecule has 0 spiro atoms. The average Bonchev–Trinajstić information content (AvgIpc) is 3.26. The number of amides is 1. The molecule has 10 heteroatoms. The summed E-state index contributed by atoms with van der Waals surface area (Å²) in [5, 5.41) is 9.43. The molecule has 148 valence electrons. The van der Waals surface area contributed by atoms with Gasteiger partial charge in [-0.3, -0.25) is 14.6 Å². The predicted molar refractivity (Wildman–Crippen MR) is 106 cm³/mol. The molecule has 9 nitrogen and oxygen atoms in total. The summed E-state index contributed by atoms with van der Waals surface area (Å²) in [6.07, 6.45) is 2.51. The third-order valence-corrected chi connectivity index (χ3v) is 5.56. The van der Waals surface area contributed by atoms with Crippen LogP contribution >= 0.6 is 11.3 Å². The van der Waals surface area contributed by atoms with Gasteiger partial charge >= 0.3 is 5.88 Å². The minimum atomic E-state index is -0.337. The Labute approximate surface area is 166 Å². The normalized spacial score (nSPS) is 14.8. The Morgan fingerprint density at radius 2 is 2.18 bits per heavy atom. The Morgan fingerprint density at radius 1 is 1.39 bits per heavy atom. The zero-order chi connectivity index (χ0) is 19.7. The SMILES string of the molecule is CC(C)Cc1ccc2c(N)c(C(=O)Nc3c[n+](N4CCOCC4)no3)sc2n1. The predicted octanol–water partition coefficient (Wildman–Crippen LogP) is 1.57. The fraction of sp³-hybridized carbons (Fsp3) is 0.444. The highest BCUT2D eigenvalue weighted by Gasteiger charge is 2.25. The maximum absolute atomic E-state index is 12.7. The van der Waals surface area contributed by atoms with Crippen LogP contribution in [0, 0.1) is 5.92 Å². The summed E-state index contributed by atoms with van der Waals surface area (Å²) in [6.45, 7) is 6.97. The average molecular weight is 403 g/mol. The molecule has 0 unspecified atom stereocenters. The number of nitrogens with one attached hydrogen (secondary N) is 1. The molecular formula is C18H23N6O3S+. The third-order valence-electron chi connectivity index (χ3n) is 4.44. The molecule has 1 saturated heterocycles. The Hall–Kier alpha value is -2.72. The van der Waals surface area contributed by atoms with Gasteiger partial charge in [0, 0.05) is 11.1 Å². The lowest BCUT2D eigenvalue weighted by Crippen LogP contribution is -2.62. The summed E-state index contributed by atoms with van der Waals surface area (Å²) in [4.78, 5) is 20.1. The standard InChI is InChI=1S/C18H22N6O3S/c1-11(2)9-12-3-4-13-15(19)16(28-18(13)20-12)17(25)21-14-10-24(22-27-14)23-5-7-26-8-6-23/h3-4,10-11H,5-9H2,1-2H3,(H2-,19,21,22,25)/p+1. The molecular weight excluding hydrogens is 380 g/mol. The number of hydrogen-bond acceptors (Lipinski definition) is 8. The van der Waals surface area contributed by atoms with E-state index in [-0.39, 0.29) is 11.8 Å². The zero-order valence-corrected chi connectivity index (χ0v) is 16.7. The van der Waals surface area contributed by atoms with Gasteiger partial charge in [0.25, 0.3) is 12.1 Å². The van der Waals surface area contributed by atoms with Gasteiger partial charge in [0.05, 0.1) is 36.8 Å². The summed E-state index contributed by atoms with van der Waals surface area (Å²) in [5.74, 6) is 0.424. The van der Waals surface area contributed by atoms with Crippen molar-refractivity contribution in [3.05, 3.63) is 28.9 Å². The molecule has 4 heterocycles. The summed E-state index contributed by atoms with van der Waals surface area (Å²) >= 11 is 1.28.